The number of nitrogens with zero attached hydrogens (tertiary/aromatic N) is 2. The fraction of sp³-hybridized carbons (Fsp3) is 0.375. The molecule has 0 aliphatic carbocycles. The van der Waals surface area contributed by atoms with Crippen molar-refractivity contribution < 1.29 is 9.53 Å². The number of aryl methyl sites for hydroxylation is 1. The Balaban J connectivity index is 2.46. The summed E-state index contributed by atoms with van der Waals surface area (Å²) in [5, 5.41) is 10.4. The number of nitrogens with one attached hydrogen (secondary N) is 1. The monoisotopic (exact) mass is 181 g/mol. The van der Waals surface area contributed by atoms with Crippen molar-refractivity contribution in [2.24, 2.45) is 0 Å². The number of carbonyl (C=O) groups excluding carboxylic acids is 1. The molecule has 0 unspecified atom stereocenters. The molecular formula is C8H11N3O2. The van der Waals surface area contributed by atoms with Gasteiger partial charge >= 0.3 is 5.97 Å². The number of methoxy groups -OCH3 is 1. The summed E-state index contributed by atoms with van der Waals surface area (Å²) in [6.45, 7) is 1.95. The van der Waals surface area contributed by atoms with Crippen molar-refractivity contribution in [2.45, 2.75) is 6.92 Å². The average Bonchev–Trinajstić information content (AvgIpc) is 2.16. The van der Waals surface area contributed by atoms with Gasteiger partial charge in [0, 0.05) is 0 Å². The zero-order chi connectivity index (χ0) is 9.68. The van der Waals surface area contributed by atoms with E-state index in [4.69, 9.17) is 0 Å². The van der Waals surface area contributed by atoms with E-state index in [1.807, 2.05) is 13.0 Å². The molecule has 0 bridgehead atoms. The summed E-state index contributed by atoms with van der Waals surface area (Å²) in [5.74, 6) is 0.235. The van der Waals surface area contributed by atoms with Crippen molar-refractivity contribution in [3.05, 3.63) is 17.8 Å². The van der Waals surface area contributed by atoms with Crippen molar-refractivity contribution in [3.8, 4) is 0 Å². The third kappa shape index (κ3) is 3.06. The third-order valence-corrected chi connectivity index (χ3v) is 1.44. The van der Waals surface area contributed by atoms with E-state index < -0.39 is 0 Å². The van der Waals surface area contributed by atoms with E-state index in [0.717, 1.165) is 5.69 Å². The standard InChI is InChI=1S/C8H11N3O2/c1-6-3-4-7(11-10-6)9-5-8(12)13-2/h3-4H,5H2,1-2H3,(H,9,11). The Hall–Kier alpha value is -1.65. The quantitative estimate of drug-likeness (QED) is 0.682. The Morgan fingerprint density at radius 1 is 1.54 bits per heavy atom. The first-order valence-corrected chi connectivity index (χ1v) is 3.83. The summed E-state index contributed by atoms with van der Waals surface area (Å²) < 4.78 is 4.45. The van der Waals surface area contributed by atoms with Gasteiger partial charge in [-0.05, 0) is 19.1 Å². The van der Waals surface area contributed by atoms with Crippen LogP contribution >= 0.6 is 0 Å². The van der Waals surface area contributed by atoms with Crippen LogP contribution < -0.4 is 5.32 Å². The maximum atomic E-state index is 10.7. The van der Waals surface area contributed by atoms with Crippen LogP contribution in [0.1, 0.15) is 5.69 Å². The van der Waals surface area contributed by atoms with Gasteiger partial charge in [0.2, 0.25) is 0 Å². The summed E-state index contributed by atoms with van der Waals surface area (Å²) in [6.07, 6.45) is 0. The van der Waals surface area contributed by atoms with E-state index >= 15 is 0 Å². The van der Waals surface area contributed by atoms with Gasteiger partial charge in [-0.3, -0.25) is 4.79 Å². The molecule has 1 N–H and O–H groups in total. The number of ether oxygens (including phenoxy) is 1. The van der Waals surface area contributed by atoms with Gasteiger partial charge < -0.3 is 10.1 Å². The van der Waals surface area contributed by atoms with Crippen molar-refractivity contribution in [1.29, 1.82) is 0 Å². The molecular weight excluding hydrogens is 170 g/mol. The SMILES string of the molecule is COC(=O)CNc1ccc(C)nn1. The highest BCUT2D eigenvalue weighted by atomic mass is 16.5. The molecule has 0 atom stereocenters. The van der Waals surface area contributed by atoms with Crippen LogP contribution in [0.4, 0.5) is 5.82 Å². The lowest BCUT2D eigenvalue weighted by atomic mass is 10.4. The largest absolute Gasteiger partial charge is 0.468 e. The third-order valence-electron chi connectivity index (χ3n) is 1.44. The summed E-state index contributed by atoms with van der Waals surface area (Å²) in [6, 6.07) is 3.57. The van der Waals surface area contributed by atoms with Crippen LogP contribution in [0.25, 0.3) is 0 Å². The number of anilines is 1. The van der Waals surface area contributed by atoms with Crippen molar-refractivity contribution >= 4 is 11.8 Å². The van der Waals surface area contributed by atoms with Crippen LogP contribution in [0.5, 0.6) is 0 Å². The van der Waals surface area contributed by atoms with Crippen molar-refractivity contribution in [2.75, 3.05) is 19.0 Å². The van der Waals surface area contributed by atoms with Gasteiger partial charge in [-0.25, -0.2) is 0 Å². The van der Waals surface area contributed by atoms with E-state index in [0.29, 0.717) is 5.82 Å². The van der Waals surface area contributed by atoms with Gasteiger partial charge in [-0.1, -0.05) is 0 Å². The average molecular weight is 181 g/mol. The second kappa shape index (κ2) is 4.39. The first-order valence-electron chi connectivity index (χ1n) is 3.83. The van der Waals surface area contributed by atoms with Gasteiger partial charge in [0.1, 0.15) is 12.4 Å². The summed E-state index contributed by atoms with van der Waals surface area (Å²) >= 11 is 0. The number of carbonyl (C=O) groups is 1. The van der Waals surface area contributed by atoms with Crippen LogP contribution in [0, 0.1) is 6.92 Å². The van der Waals surface area contributed by atoms with Gasteiger partial charge in [0.15, 0.2) is 0 Å². The van der Waals surface area contributed by atoms with Crippen LogP contribution in [-0.2, 0) is 9.53 Å². The van der Waals surface area contributed by atoms with Gasteiger partial charge in [-0.15, -0.1) is 5.10 Å². The maximum absolute atomic E-state index is 10.7. The molecule has 0 spiro atoms. The number of aromatic nitrogens is 2. The molecule has 0 fully saturated rings. The fourth-order valence-electron chi connectivity index (χ4n) is 0.728. The number of hydrogen-bond donors (Lipinski definition) is 1. The molecule has 1 aromatic rings. The van der Waals surface area contributed by atoms with E-state index in [1.165, 1.54) is 7.11 Å². The molecule has 70 valence electrons. The summed E-state index contributed by atoms with van der Waals surface area (Å²) in [7, 11) is 1.34. The number of rotatable bonds is 3. The zero-order valence-corrected chi connectivity index (χ0v) is 7.57. The highest BCUT2D eigenvalue weighted by molar-refractivity contribution is 5.74. The summed E-state index contributed by atoms with van der Waals surface area (Å²) in [4.78, 5) is 10.7. The Kier molecular flexibility index (Phi) is 3.19. The lowest BCUT2D eigenvalue weighted by molar-refractivity contribution is -0.138. The topological polar surface area (TPSA) is 64.1 Å². The molecule has 5 heteroatoms. The Bertz CT molecular complexity index is 284. The zero-order valence-electron chi connectivity index (χ0n) is 7.57. The van der Waals surface area contributed by atoms with E-state index in [-0.39, 0.29) is 12.5 Å². The minimum Gasteiger partial charge on any atom is -0.468 e. The van der Waals surface area contributed by atoms with Crippen LogP contribution in [0.3, 0.4) is 0 Å². The number of hydrogen-bond acceptors (Lipinski definition) is 5. The second-order valence-corrected chi connectivity index (χ2v) is 2.49. The molecule has 0 radical (unpaired) electrons. The molecule has 1 rings (SSSR count). The van der Waals surface area contributed by atoms with Crippen LogP contribution in [-0.4, -0.2) is 29.8 Å². The van der Waals surface area contributed by atoms with Gasteiger partial charge in [0.05, 0.1) is 12.8 Å². The predicted molar refractivity (Wildman–Crippen MR) is 47.3 cm³/mol. The van der Waals surface area contributed by atoms with Gasteiger partial charge in [0.25, 0.3) is 0 Å². The molecule has 0 aromatic carbocycles. The Morgan fingerprint density at radius 2 is 2.31 bits per heavy atom. The molecule has 1 heterocycles. The minimum atomic E-state index is -0.331. The first kappa shape index (κ1) is 9.44. The Labute approximate surface area is 76.1 Å². The predicted octanol–water partition coefficient (Wildman–Crippen LogP) is 0.370. The molecule has 0 aliphatic heterocycles. The number of esters is 1. The van der Waals surface area contributed by atoms with Crippen LogP contribution in [0.15, 0.2) is 12.1 Å². The lowest BCUT2D eigenvalue weighted by Crippen LogP contribution is -2.15. The maximum Gasteiger partial charge on any atom is 0.325 e. The lowest BCUT2D eigenvalue weighted by Gasteiger charge is -2.02. The van der Waals surface area contributed by atoms with E-state index in [2.05, 4.69) is 20.3 Å². The Morgan fingerprint density at radius 3 is 2.85 bits per heavy atom. The van der Waals surface area contributed by atoms with E-state index in [9.17, 15) is 4.79 Å². The van der Waals surface area contributed by atoms with Gasteiger partial charge in [-0.2, -0.15) is 5.10 Å². The summed E-state index contributed by atoms with van der Waals surface area (Å²) in [5.41, 5.74) is 0.837. The second-order valence-electron chi connectivity index (χ2n) is 2.49. The normalized spacial score (nSPS) is 9.38. The molecule has 0 amide bonds. The highest BCUT2D eigenvalue weighted by Gasteiger charge is 1.99. The molecule has 0 saturated heterocycles. The molecule has 0 saturated carbocycles. The van der Waals surface area contributed by atoms with Crippen LogP contribution in [0.2, 0.25) is 0 Å². The van der Waals surface area contributed by atoms with Crippen molar-refractivity contribution in [1.82, 2.24) is 10.2 Å². The molecule has 1 aromatic heterocycles. The van der Waals surface area contributed by atoms with E-state index in [1.54, 1.807) is 6.07 Å². The van der Waals surface area contributed by atoms with Crippen molar-refractivity contribution in [3.63, 3.8) is 0 Å². The first-order chi connectivity index (χ1) is 6.22. The highest BCUT2D eigenvalue weighted by Crippen LogP contribution is 1.99. The molecule has 5 nitrogen and oxygen atoms in total. The fourth-order valence-corrected chi connectivity index (χ4v) is 0.728. The molecule has 13 heavy (non-hydrogen) atoms. The molecule has 0 aliphatic rings. The smallest absolute Gasteiger partial charge is 0.325 e. The minimum absolute atomic E-state index is 0.105.